The van der Waals surface area contributed by atoms with Crippen LogP contribution in [0.2, 0.25) is 0 Å². The first-order valence-corrected chi connectivity index (χ1v) is 9.73. The summed E-state index contributed by atoms with van der Waals surface area (Å²) in [5.74, 6) is -0.398. The predicted octanol–water partition coefficient (Wildman–Crippen LogP) is 4.24. The van der Waals surface area contributed by atoms with Crippen LogP contribution in [0.25, 0.3) is 0 Å². The molecule has 1 aliphatic rings. The molecule has 0 atom stereocenters. The van der Waals surface area contributed by atoms with Gasteiger partial charge in [0.1, 0.15) is 17.3 Å². The molecule has 2 heterocycles. The SMILES string of the molecule is CC(C)CCN1C(=O)C(C)(C)COc2ccc(NC(=O)c3ccc([N+](=O)[O-])o3)cc21. The molecule has 0 spiro atoms. The van der Waals surface area contributed by atoms with Gasteiger partial charge in [0.15, 0.2) is 5.76 Å². The summed E-state index contributed by atoms with van der Waals surface area (Å²) < 4.78 is 10.8. The summed E-state index contributed by atoms with van der Waals surface area (Å²) in [7, 11) is 0. The first-order valence-electron chi connectivity index (χ1n) is 9.73. The van der Waals surface area contributed by atoms with Crippen molar-refractivity contribution in [2.24, 2.45) is 11.3 Å². The van der Waals surface area contributed by atoms with E-state index in [-0.39, 0.29) is 18.3 Å². The van der Waals surface area contributed by atoms with Crippen LogP contribution in [0, 0.1) is 21.4 Å². The van der Waals surface area contributed by atoms with Gasteiger partial charge in [0, 0.05) is 12.2 Å². The number of nitrogens with one attached hydrogen (secondary N) is 1. The maximum atomic E-state index is 13.1. The largest absolute Gasteiger partial charge is 0.490 e. The molecule has 1 aromatic carbocycles. The summed E-state index contributed by atoms with van der Waals surface area (Å²) in [6.07, 6.45) is 0.813. The summed E-state index contributed by atoms with van der Waals surface area (Å²) >= 11 is 0. The lowest BCUT2D eigenvalue weighted by Crippen LogP contribution is -2.42. The number of nitro groups is 1. The van der Waals surface area contributed by atoms with Crippen molar-refractivity contribution in [3.05, 3.63) is 46.2 Å². The number of benzene rings is 1. The topological polar surface area (TPSA) is 115 Å². The Morgan fingerprint density at radius 1 is 1.30 bits per heavy atom. The standard InChI is InChI=1S/C21H25N3O6/c1-13(2)9-10-23-15-11-14(5-6-16(15)29-12-21(3,4)20(23)26)22-19(25)17-7-8-18(30-17)24(27)28/h5-8,11,13H,9-10,12H2,1-4H3,(H,22,25). The van der Waals surface area contributed by atoms with Crippen LogP contribution in [0.15, 0.2) is 34.7 Å². The normalized spacial score (nSPS) is 15.4. The molecule has 0 saturated heterocycles. The number of carbonyl (C=O) groups excluding carboxylic acids is 2. The van der Waals surface area contributed by atoms with Gasteiger partial charge in [0.25, 0.3) is 5.91 Å². The first kappa shape index (κ1) is 21.4. The molecule has 2 aromatic rings. The van der Waals surface area contributed by atoms with Gasteiger partial charge in [-0.3, -0.25) is 19.7 Å². The zero-order chi connectivity index (χ0) is 22.1. The lowest BCUT2D eigenvalue weighted by atomic mass is 9.92. The minimum absolute atomic E-state index is 0.0490. The minimum atomic E-state index is -0.712. The van der Waals surface area contributed by atoms with Crippen LogP contribution in [0.5, 0.6) is 5.75 Å². The Balaban J connectivity index is 1.89. The smallest absolute Gasteiger partial charge is 0.433 e. The van der Waals surface area contributed by atoms with Gasteiger partial charge in [-0.25, -0.2) is 0 Å². The monoisotopic (exact) mass is 415 g/mol. The number of ether oxygens (including phenoxy) is 1. The van der Waals surface area contributed by atoms with E-state index in [1.54, 1.807) is 23.1 Å². The second-order valence-electron chi connectivity index (χ2n) is 8.34. The highest BCUT2D eigenvalue weighted by atomic mass is 16.6. The second kappa shape index (κ2) is 8.17. The Kier molecular flexibility index (Phi) is 5.82. The van der Waals surface area contributed by atoms with Crippen LogP contribution in [0.3, 0.4) is 0 Å². The van der Waals surface area contributed by atoms with Crippen LogP contribution in [0.1, 0.15) is 44.7 Å². The van der Waals surface area contributed by atoms with Gasteiger partial charge < -0.3 is 19.4 Å². The fourth-order valence-corrected chi connectivity index (χ4v) is 3.07. The number of amides is 2. The summed E-state index contributed by atoms with van der Waals surface area (Å²) in [4.78, 5) is 37.3. The summed E-state index contributed by atoms with van der Waals surface area (Å²) in [5, 5.41) is 13.4. The van der Waals surface area contributed by atoms with Crippen molar-refractivity contribution in [2.45, 2.75) is 34.1 Å². The molecule has 1 aliphatic heterocycles. The third-order valence-electron chi connectivity index (χ3n) is 4.85. The molecule has 30 heavy (non-hydrogen) atoms. The molecule has 1 N–H and O–H groups in total. The van der Waals surface area contributed by atoms with Crippen molar-refractivity contribution in [2.75, 3.05) is 23.4 Å². The number of nitrogens with zero attached hydrogens (tertiary/aromatic N) is 2. The molecular weight excluding hydrogens is 390 g/mol. The van der Waals surface area contributed by atoms with Crippen molar-refractivity contribution < 1.29 is 23.7 Å². The van der Waals surface area contributed by atoms with Gasteiger partial charge in [0.2, 0.25) is 5.91 Å². The quantitative estimate of drug-likeness (QED) is 0.557. The molecule has 9 heteroatoms. The molecule has 0 radical (unpaired) electrons. The predicted molar refractivity (Wildman–Crippen MR) is 111 cm³/mol. The third-order valence-corrected chi connectivity index (χ3v) is 4.85. The van der Waals surface area contributed by atoms with E-state index in [4.69, 9.17) is 9.15 Å². The molecule has 0 unspecified atom stereocenters. The summed E-state index contributed by atoms with van der Waals surface area (Å²) in [6.45, 7) is 8.64. The number of rotatable bonds is 6. The number of furan rings is 1. The van der Waals surface area contributed by atoms with E-state index in [0.29, 0.717) is 29.6 Å². The molecule has 0 fully saturated rings. The number of anilines is 2. The van der Waals surface area contributed by atoms with Gasteiger partial charge in [-0.2, -0.15) is 0 Å². The van der Waals surface area contributed by atoms with Crippen molar-refractivity contribution in [3.63, 3.8) is 0 Å². The number of fused-ring (bicyclic) bond motifs is 1. The molecule has 0 saturated carbocycles. The average molecular weight is 415 g/mol. The van der Waals surface area contributed by atoms with E-state index in [9.17, 15) is 19.7 Å². The number of carbonyl (C=O) groups is 2. The van der Waals surface area contributed by atoms with Crippen molar-refractivity contribution in [1.82, 2.24) is 0 Å². The summed E-state index contributed by atoms with van der Waals surface area (Å²) in [6, 6.07) is 7.38. The van der Waals surface area contributed by atoms with E-state index < -0.39 is 22.1 Å². The van der Waals surface area contributed by atoms with Gasteiger partial charge in [-0.05, 0) is 50.5 Å². The lowest BCUT2D eigenvalue weighted by molar-refractivity contribution is -0.402. The Bertz CT molecular complexity index is 979. The zero-order valence-corrected chi connectivity index (χ0v) is 17.4. The Morgan fingerprint density at radius 2 is 2.03 bits per heavy atom. The fraction of sp³-hybridized carbons (Fsp3) is 0.429. The molecule has 3 rings (SSSR count). The highest BCUT2D eigenvalue weighted by Crippen LogP contribution is 2.38. The Morgan fingerprint density at radius 3 is 2.67 bits per heavy atom. The Hall–Kier alpha value is -3.36. The highest BCUT2D eigenvalue weighted by Gasteiger charge is 2.37. The minimum Gasteiger partial charge on any atom is -0.490 e. The average Bonchev–Trinajstić information content (AvgIpc) is 3.14. The van der Waals surface area contributed by atoms with Crippen LogP contribution in [-0.4, -0.2) is 29.9 Å². The van der Waals surface area contributed by atoms with Crippen molar-refractivity contribution >= 4 is 29.1 Å². The first-order chi connectivity index (χ1) is 14.1. The van der Waals surface area contributed by atoms with E-state index in [2.05, 4.69) is 19.2 Å². The number of hydrogen-bond donors (Lipinski definition) is 1. The van der Waals surface area contributed by atoms with E-state index in [0.717, 1.165) is 12.5 Å². The lowest BCUT2D eigenvalue weighted by Gasteiger charge is -2.28. The van der Waals surface area contributed by atoms with Gasteiger partial charge in [-0.15, -0.1) is 0 Å². The molecule has 0 bridgehead atoms. The number of hydrogen-bond acceptors (Lipinski definition) is 6. The van der Waals surface area contributed by atoms with Crippen molar-refractivity contribution in [1.29, 1.82) is 0 Å². The molecule has 160 valence electrons. The van der Waals surface area contributed by atoms with Gasteiger partial charge in [-0.1, -0.05) is 13.8 Å². The van der Waals surface area contributed by atoms with E-state index >= 15 is 0 Å². The molecule has 2 amide bonds. The van der Waals surface area contributed by atoms with Crippen LogP contribution >= 0.6 is 0 Å². The molecule has 1 aromatic heterocycles. The third kappa shape index (κ3) is 4.45. The molecule has 0 aliphatic carbocycles. The molecule has 9 nitrogen and oxygen atoms in total. The van der Waals surface area contributed by atoms with Crippen LogP contribution < -0.4 is 15.0 Å². The van der Waals surface area contributed by atoms with E-state index in [1.807, 2.05) is 13.8 Å². The summed E-state index contributed by atoms with van der Waals surface area (Å²) in [5.41, 5.74) is 0.310. The second-order valence-corrected chi connectivity index (χ2v) is 8.34. The maximum Gasteiger partial charge on any atom is 0.433 e. The Labute approximate surface area is 174 Å². The fourth-order valence-electron chi connectivity index (χ4n) is 3.07. The molecular formula is C21H25N3O6. The van der Waals surface area contributed by atoms with E-state index in [1.165, 1.54) is 6.07 Å². The van der Waals surface area contributed by atoms with Crippen LogP contribution in [0.4, 0.5) is 17.3 Å². The van der Waals surface area contributed by atoms with Gasteiger partial charge in [0.05, 0.1) is 17.2 Å². The maximum absolute atomic E-state index is 13.1. The van der Waals surface area contributed by atoms with Gasteiger partial charge >= 0.3 is 5.88 Å². The zero-order valence-electron chi connectivity index (χ0n) is 17.4. The highest BCUT2D eigenvalue weighted by molar-refractivity contribution is 6.04. The van der Waals surface area contributed by atoms with Crippen LogP contribution in [-0.2, 0) is 4.79 Å². The van der Waals surface area contributed by atoms with Crippen molar-refractivity contribution in [3.8, 4) is 5.75 Å².